The molecule has 0 atom stereocenters. The topological polar surface area (TPSA) is 69.0 Å². The number of hydrogen-bond acceptors (Lipinski definition) is 5. The summed E-state index contributed by atoms with van der Waals surface area (Å²) < 4.78 is 31.0. The monoisotopic (exact) mass is 364 g/mol. The van der Waals surface area contributed by atoms with Crippen molar-refractivity contribution < 1.29 is 18.3 Å². The summed E-state index contributed by atoms with van der Waals surface area (Å²) >= 11 is 1.29. The van der Waals surface area contributed by atoms with Crippen LogP contribution >= 0.6 is 11.3 Å². The first-order chi connectivity index (χ1) is 12.1. The summed E-state index contributed by atoms with van der Waals surface area (Å²) in [5.41, 5.74) is 0.847. The predicted molar refractivity (Wildman–Crippen MR) is 89.3 cm³/mol. The molecule has 0 radical (unpaired) electrons. The van der Waals surface area contributed by atoms with Crippen molar-refractivity contribution in [3.8, 4) is 5.75 Å². The summed E-state index contributed by atoms with van der Waals surface area (Å²) in [6, 6.07) is 8.85. The van der Waals surface area contributed by atoms with E-state index in [1.165, 1.54) is 17.4 Å². The summed E-state index contributed by atoms with van der Waals surface area (Å²) in [4.78, 5) is 17.1. The van der Waals surface area contributed by atoms with Crippen LogP contribution in [0.2, 0.25) is 0 Å². The van der Waals surface area contributed by atoms with Gasteiger partial charge in [-0.3, -0.25) is 10.1 Å². The number of ether oxygens (including phenoxy) is 1. The molecule has 1 N–H and O–H groups in total. The molecule has 0 aliphatic heterocycles. The molecule has 9 heteroatoms. The van der Waals surface area contributed by atoms with Crippen LogP contribution < -0.4 is 10.1 Å². The van der Waals surface area contributed by atoms with E-state index in [1.54, 1.807) is 13.3 Å². The number of nitrogens with zero attached hydrogens (tertiary/aromatic N) is 3. The number of aromatic nitrogens is 3. The predicted octanol–water partition coefficient (Wildman–Crippen LogP) is 3.59. The third-order valence-corrected chi connectivity index (χ3v) is 4.31. The molecular formula is C16H14F2N4O2S. The number of halogens is 2. The molecule has 6 nitrogen and oxygen atoms in total. The second kappa shape index (κ2) is 7.39. The lowest BCUT2D eigenvalue weighted by Gasteiger charge is -2.05. The van der Waals surface area contributed by atoms with E-state index < -0.39 is 12.5 Å². The second-order valence-electron chi connectivity index (χ2n) is 5.05. The molecule has 2 heterocycles. The Labute approximate surface area is 146 Å². The van der Waals surface area contributed by atoms with Crippen molar-refractivity contribution in [2.24, 2.45) is 0 Å². The van der Waals surface area contributed by atoms with Crippen molar-refractivity contribution >= 4 is 22.4 Å². The van der Waals surface area contributed by atoms with Crippen molar-refractivity contribution in [2.75, 3.05) is 12.4 Å². The fraction of sp³-hybridized carbons (Fsp3) is 0.188. The van der Waals surface area contributed by atoms with Gasteiger partial charge in [0.1, 0.15) is 11.4 Å². The lowest BCUT2D eigenvalue weighted by molar-refractivity contribution is 0.0520. The molecule has 3 aromatic rings. The van der Waals surface area contributed by atoms with Crippen molar-refractivity contribution in [3.05, 3.63) is 58.9 Å². The van der Waals surface area contributed by atoms with Crippen LogP contribution in [0, 0.1) is 0 Å². The minimum absolute atomic E-state index is 0.220. The van der Waals surface area contributed by atoms with Gasteiger partial charge in [0.05, 0.1) is 7.11 Å². The average molecular weight is 364 g/mol. The first-order valence-electron chi connectivity index (χ1n) is 7.27. The molecule has 1 amide bonds. The van der Waals surface area contributed by atoms with Crippen molar-refractivity contribution in [2.45, 2.75) is 13.0 Å². The minimum atomic E-state index is -2.88. The smallest absolute Gasteiger partial charge is 0.333 e. The lowest BCUT2D eigenvalue weighted by Crippen LogP contribution is -2.18. The van der Waals surface area contributed by atoms with Gasteiger partial charge in [-0.05, 0) is 23.8 Å². The van der Waals surface area contributed by atoms with E-state index in [0.717, 1.165) is 22.4 Å². The maximum absolute atomic E-state index is 12.8. The summed E-state index contributed by atoms with van der Waals surface area (Å²) in [6.45, 7) is -2.88. The third-order valence-electron chi connectivity index (χ3n) is 3.40. The van der Waals surface area contributed by atoms with Crippen LogP contribution in [0.5, 0.6) is 5.75 Å². The van der Waals surface area contributed by atoms with Gasteiger partial charge in [-0.25, -0.2) is 4.98 Å². The summed E-state index contributed by atoms with van der Waals surface area (Å²) in [5, 5.41) is 6.29. The Kier molecular flexibility index (Phi) is 5.03. The maximum atomic E-state index is 12.8. The molecule has 130 valence electrons. The standard InChI is InChI=1S/C16H14F2N4O2S/c1-24-11-4-2-10(3-5-11)8-12-9-19-16(25-12)21-14(23)13-6-7-20-22(13)15(17)18/h2-7,9,15H,8H2,1H3,(H,19,21,23). The van der Waals surface area contributed by atoms with Crippen LogP contribution in [0.3, 0.4) is 0 Å². The number of carbonyl (C=O) groups is 1. The summed E-state index contributed by atoms with van der Waals surface area (Å²) in [7, 11) is 1.60. The zero-order chi connectivity index (χ0) is 17.8. The van der Waals surface area contributed by atoms with E-state index in [-0.39, 0.29) is 5.69 Å². The largest absolute Gasteiger partial charge is 0.497 e. The zero-order valence-electron chi connectivity index (χ0n) is 13.1. The Balaban J connectivity index is 1.66. The van der Waals surface area contributed by atoms with Gasteiger partial charge < -0.3 is 4.74 Å². The van der Waals surface area contributed by atoms with Gasteiger partial charge in [-0.2, -0.15) is 18.6 Å². The van der Waals surface area contributed by atoms with E-state index in [0.29, 0.717) is 16.2 Å². The van der Waals surface area contributed by atoms with Crippen molar-refractivity contribution in [3.63, 3.8) is 0 Å². The van der Waals surface area contributed by atoms with Crippen molar-refractivity contribution in [1.29, 1.82) is 0 Å². The second-order valence-corrected chi connectivity index (χ2v) is 6.16. The number of carbonyl (C=O) groups excluding carboxylic acids is 1. The lowest BCUT2D eigenvalue weighted by atomic mass is 10.1. The number of methoxy groups -OCH3 is 1. The molecular weight excluding hydrogens is 350 g/mol. The summed E-state index contributed by atoms with van der Waals surface area (Å²) in [6.07, 6.45) is 3.44. The van der Waals surface area contributed by atoms with Crippen LogP contribution in [0.1, 0.15) is 27.5 Å². The van der Waals surface area contributed by atoms with Crippen LogP contribution in [0.15, 0.2) is 42.7 Å². The average Bonchev–Trinajstić information content (AvgIpc) is 3.25. The Hall–Kier alpha value is -2.81. The third kappa shape index (κ3) is 4.00. The van der Waals surface area contributed by atoms with Crippen LogP contribution in [-0.4, -0.2) is 27.8 Å². The van der Waals surface area contributed by atoms with E-state index in [1.807, 2.05) is 24.3 Å². The van der Waals surface area contributed by atoms with Crippen LogP contribution in [0.4, 0.5) is 13.9 Å². The number of alkyl halides is 2. The highest BCUT2D eigenvalue weighted by Gasteiger charge is 2.18. The molecule has 0 aliphatic rings. The van der Waals surface area contributed by atoms with Gasteiger partial charge in [-0.1, -0.05) is 12.1 Å². The van der Waals surface area contributed by atoms with Crippen LogP contribution in [0.25, 0.3) is 0 Å². The normalized spacial score (nSPS) is 10.9. The van der Waals surface area contributed by atoms with Gasteiger partial charge in [-0.15, -0.1) is 11.3 Å². The number of thiazole rings is 1. The Morgan fingerprint density at radius 1 is 1.32 bits per heavy atom. The first-order valence-corrected chi connectivity index (χ1v) is 8.09. The number of hydrogen-bond donors (Lipinski definition) is 1. The van der Waals surface area contributed by atoms with Gasteiger partial charge in [0.2, 0.25) is 0 Å². The van der Waals surface area contributed by atoms with Crippen molar-refractivity contribution in [1.82, 2.24) is 14.8 Å². The zero-order valence-corrected chi connectivity index (χ0v) is 14.0. The molecule has 25 heavy (non-hydrogen) atoms. The Bertz CT molecular complexity index is 861. The van der Waals surface area contributed by atoms with E-state index in [9.17, 15) is 13.6 Å². The molecule has 0 saturated heterocycles. The highest BCUT2D eigenvalue weighted by atomic mass is 32.1. The van der Waals surface area contributed by atoms with Gasteiger partial charge in [0.25, 0.3) is 5.91 Å². The number of benzene rings is 1. The number of rotatable bonds is 6. The molecule has 3 rings (SSSR count). The van der Waals surface area contributed by atoms with Crippen LogP contribution in [-0.2, 0) is 6.42 Å². The molecule has 0 fully saturated rings. The summed E-state index contributed by atoms with van der Waals surface area (Å²) in [5.74, 6) is 0.0970. The number of nitrogens with one attached hydrogen (secondary N) is 1. The maximum Gasteiger partial charge on any atom is 0.333 e. The first kappa shape index (κ1) is 17.0. The fourth-order valence-electron chi connectivity index (χ4n) is 2.20. The van der Waals surface area contributed by atoms with E-state index >= 15 is 0 Å². The van der Waals surface area contributed by atoms with Gasteiger partial charge in [0, 0.05) is 23.7 Å². The molecule has 1 aromatic carbocycles. The van der Waals surface area contributed by atoms with E-state index in [2.05, 4.69) is 15.4 Å². The fourth-order valence-corrected chi connectivity index (χ4v) is 3.04. The van der Waals surface area contributed by atoms with Gasteiger partial charge in [0.15, 0.2) is 5.13 Å². The number of anilines is 1. The molecule has 0 spiro atoms. The number of amides is 1. The molecule has 0 aliphatic carbocycles. The molecule has 0 bridgehead atoms. The Morgan fingerprint density at radius 2 is 2.08 bits per heavy atom. The highest BCUT2D eigenvalue weighted by Crippen LogP contribution is 2.23. The SMILES string of the molecule is COc1ccc(Cc2cnc(NC(=O)c3ccnn3C(F)F)s2)cc1. The highest BCUT2D eigenvalue weighted by molar-refractivity contribution is 7.15. The van der Waals surface area contributed by atoms with E-state index in [4.69, 9.17) is 4.74 Å². The molecule has 0 unspecified atom stereocenters. The minimum Gasteiger partial charge on any atom is -0.497 e. The molecule has 0 saturated carbocycles. The van der Waals surface area contributed by atoms with Gasteiger partial charge >= 0.3 is 6.55 Å². The molecule has 2 aromatic heterocycles. The Morgan fingerprint density at radius 3 is 2.76 bits per heavy atom. The quantitative estimate of drug-likeness (QED) is 0.726.